The van der Waals surface area contributed by atoms with Crippen molar-refractivity contribution in [3.63, 3.8) is 0 Å². The number of rotatable bonds is 1. The van der Waals surface area contributed by atoms with Crippen LogP contribution in [0.3, 0.4) is 0 Å². The molecular weight excluding hydrogens is 323 g/mol. The van der Waals surface area contributed by atoms with Crippen LogP contribution in [0.1, 0.15) is 38.7 Å². The van der Waals surface area contributed by atoms with Gasteiger partial charge in [0.25, 0.3) is 0 Å². The average molecular weight is 345 g/mol. The average Bonchev–Trinajstić information content (AvgIpc) is 2.35. The number of piperidine rings is 1. The summed E-state index contributed by atoms with van der Waals surface area (Å²) in [6, 6.07) is 5.37. The summed E-state index contributed by atoms with van der Waals surface area (Å²) in [6.45, 7) is 6.67. The smallest absolute Gasteiger partial charge is 0.410 e. The Morgan fingerprint density at radius 1 is 1.27 bits per heavy atom. The Hall–Kier alpha value is -0.970. The minimum absolute atomic E-state index is 0.00234. The Labute approximate surface area is 141 Å². The van der Waals surface area contributed by atoms with Gasteiger partial charge in [-0.05, 0) is 51.0 Å². The molecule has 1 amide bonds. The molecule has 0 aliphatic carbocycles. The number of nitrogens with zero attached hydrogens (tertiary/aromatic N) is 1. The van der Waals surface area contributed by atoms with Gasteiger partial charge in [0.1, 0.15) is 5.60 Å². The highest BCUT2D eigenvalue weighted by Gasteiger charge is 2.32. The van der Waals surface area contributed by atoms with Gasteiger partial charge < -0.3 is 15.4 Å². The molecule has 4 nitrogen and oxygen atoms in total. The molecule has 1 aliphatic heterocycles. The van der Waals surface area contributed by atoms with Gasteiger partial charge in [-0.25, -0.2) is 4.79 Å². The van der Waals surface area contributed by atoms with E-state index in [0.29, 0.717) is 29.6 Å². The van der Waals surface area contributed by atoms with Gasteiger partial charge in [0.15, 0.2) is 0 Å². The Morgan fingerprint density at radius 3 is 2.41 bits per heavy atom. The highest BCUT2D eigenvalue weighted by Crippen LogP contribution is 2.31. The van der Waals surface area contributed by atoms with E-state index in [9.17, 15) is 4.79 Å². The van der Waals surface area contributed by atoms with Crippen LogP contribution in [0.15, 0.2) is 18.2 Å². The number of halogens is 2. The Balaban J connectivity index is 2.16. The fourth-order valence-electron chi connectivity index (χ4n) is 2.60. The third kappa shape index (κ3) is 4.51. The fourth-order valence-corrected chi connectivity index (χ4v) is 3.15. The number of amides is 1. The second-order valence-corrected chi connectivity index (χ2v) is 7.56. The molecule has 2 rings (SSSR count). The van der Waals surface area contributed by atoms with Crippen LogP contribution in [-0.4, -0.2) is 35.7 Å². The summed E-state index contributed by atoms with van der Waals surface area (Å²) >= 11 is 12.1. The van der Waals surface area contributed by atoms with Crippen molar-refractivity contribution >= 4 is 29.3 Å². The molecule has 0 saturated carbocycles. The maximum atomic E-state index is 12.2. The third-order valence-corrected chi connectivity index (χ3v) is 4.07. The van der Waals surface area contributed by atoms with E-state index < -0.39 is 5.60 Å². The molecule has 1 aromatic rings. The van der Waals surface area contributed by atoms with E-state index in [1.807, 2.05) is 32.9 Å². The molecule has 6 heteroatoms. The van der Waals surface area contributed by atoms with Crippen LogP contribution in [-0.2, 0) is 4.74 Å². The summed E-state index contributed by atoms with van der Waals surface area (Å²) in [5.41, 5.74) is 6.68. The van der Waals surface area contributed by atoms with Crippen molar-refractivity contribution < 1.29 is 9.53 Å². The van der Waals surface area contributed by atoms with Gasteiger partial charge in [0.2, 0.25) is 0 Å². The molecule has 1 saturated heterocycles. The van der Waals surface area contributed by atoms with Gasteiger partial charge in [-0.1, -0.05) is 23.2 Å². The van der Waals surface area contributed by atoms with Crippen LogP contribution in [0, 0.1) is 0 Å². The second-order valence-electron chi connectivity index (χ2n) is 6.69. The molecule has 0 radical (unpaired) electrons. The van der Waals surface area contributed by atoms with Crippen LogP contribution < -0.4 is 5.73 Å². The van der Waals surface area contributed by atoms with Crippen molar-refractivity contribution in [1.82, 2.24) is 4.90 Å². The third-order valence-electron chi connectivity index (χ3n) is 3.63. The molecular formula is C16H22Cl2N2O2. The van der Waals surface area contributed by atoms with Gasteiger partial charge >= 0.3 is 6.09 Å². The number of hydrogen-bond donors (Lipinski definition) is 1. The number of nitrogens with two attached hydrogens (primary N) is 1. The topological polar surface area (TPSA) is 55.6 Å². The van der Waals surface area contributed by atoms with Crippen LogP contribution >= 0.6 is 23.2 Å². The van der Waals surface area contributed by atoms with E-state index >= 15 is 0 Å². The van der Waals surface area contributed by atoms with Crippen LogP contribution in [0.2, 0.25) is 10.0 Å². The Morgan fingerprint density at radius 2 is 1.86 bits per heavy atom. The van der Waals surface area contributed by atoms with Crippen molar-refractivity contribution in [2.75, 3.05) is 13.1 Å². The first-order chi connectivity index (χ1) is 10.2. The zero-order valence-corrected chi connectivity index (χ0v) is 14.6. The van der Waals surface area contributed by atoms with Crippen LogP contribution in [0.5, 0.6) is 0 Å². The summed E-state index contributed by atoms with van der Waals surface area (Å²) in [5, 5.41) is 1.15. The van der Waals surface area contributed by atoms with Gasteiger partial charge in [-0.15, -0.1) is 0 Å². The number of benzene rings is 1. The number of carbonyl (C=O) groups excluding carboxylic acids is 1. The van der Waals surface area contributed by atoms with Crippen molar-refractivity contribution in [1.29, 1.82) is 0 Å². The van der Waals surface area contributed by atoms with E-state index in [1.54, 1.807) is 11.0 Å². The Kier molecular flexibility index (Phi) is 5.25. The lowest BCUT2D eigenvalue weighted by Gasteiger charge is -2.37. The largest absolute Gasteiger partial charge is 0.444 e. The first-order valence-corrected chi connectivity index (χ1v) is 8.11. The first kappa shape index (κ1) is 17.4. The lowest BCUT2D eigenvalue weighted by atomic mass is 9.87. The molecule has 122 valence electrons. The normalized spacial score (nSPS) is 22.5. The van der Waals surface area contributed by atoms with E-state index in [2.05, 4.69) is 0 Å². The summed E-state index contributed by atoms with van der Waals surface area (Å²) in [5.74, 6) is -0.00234. The quantitative estimate of drug-likeness (QED) is 0.836. The van der Waals surface area contributed by atoms with Crippen molar-refractivity contribution in [2.24, 2.45) is 5.73 Å². The summed E-state index contributed by atoms with van der Waals surface area (Å²) < 4.78 is 5.44. The lowest BCUT2D eigenvalue weighted by molar-refractivity contribution is 0.0186. The molecule has 1 heterocycles. The summed E-state index contributed by atoms with van der Waals surface area (Å²) in [7, 11) is 0. The molecule has 1 fully saturated rings. The number of ether oxygens (including phenoxy) is 1. The maximum absolute atomic E-state index is 12.2. The molecule has 2 atom stereocenters. The minimum atomic E-state index is -0.508. The summed E-state index contributed by atoms with van der Waals surface area (Å²) in [4.78, 5) is 13.9. The standard InChI is InChI=1S/C16H22Cl2N2O2/c1-16(2,3)22-15(21)20-5-4-14(19)13(9-20)10-6-11(17)8-12(18)7-10/h6-8,13-14H,4-5,9,19H2,1-3H3/t13-,14+/m0/s1. The zero-order chi connectivity index (χ0) is 16.5. The SMILES string of the molecule is CC(C)(C)OC(=O)N1CC[C@@H](N)[C@H](c2cc(Cl)cc(Cl)c2)C1. The zero-order valence-electron chi connectivity index (χ0n) is 13.1. The fraction of sp³-hybridized carbons (Fsp3) is 0.562. The first-order valence-electron chi connectivity index (χ1n) is 7.35. The van der Waals surface area contributed by atoms with Crippen molar-refractivity contribution in [2.45, 2.75) is 44.8 Å². The number of likely N-dealkylation sites (tertiary alicyclic amines) is 1. The van der Waals surface area contributed by atoms with Gasteiger partial charge in [-0.3, -0.25) is 0 Å². The maximum Gasteiger partial charge on any atom is 0.410 e. The van der Waals surface area contributed by atoms with Crippen LogP contribution in [0.25, 0.3) is 0 Å². The molecule has 1 aromatic carbocycles. The van der Waals surface area contributed by atoms with E-state index in [0.717, 1.165) is 5.56 Å². The monoisotopic (exact) mass is 344 g/mol. The number of hydrogen-bond acceptors (Lipinski definition) is 3. The van der Waals surface area contributed by atoms with Gasteiger partial charge in [0.05, 0.1) is 0 Å². The van der Waals surface area contributed by atoms with E-state index in [4.69, 9.17) is 33.7 Å². The van der Waals surface area contributed by atoms with Crippen molar-refractivity contribution in [3.8, 4) is 0 Å². The predicted octanol–water partition coefficient (Wildman–Crippen LogP) is 4.05. The highest BCUT2D eigenvalue weighted by atomic mass is 35.5. The molecule has 0 unspecified atom stereocenters. The molecule has 0 aromatic heterocycles. The van der Waals surface area contributed by atoms with Crippen LogP contribution in [0.4, 0.5) is 4.79 Å². The molecule has 0 spiro atoms. The Bertz CT molecular complexity index is 537. The van der Waals surface area contributed by atoms with E-state index in [1.165, 1.54) is 0 Å². The molecule has 0 bridgehead atoms. The van der Waals surface area contributed by atoms with Gasteiger partial charge in [0, 0.05) is 35.1 Å². The van der Waals surface area contributed by atoms with Crippen molar-refractivity contribution in [3.05, 3.63) is 33.8 Å². The molecule has 1 aliphatic rings. The molecule has 22 heavy (non-hydrogen) atoms. The molecule has 2 N–H and O–H groups in total. The predicted molar refractivity (Wildman–Crippen MR) is 89.6 cm³/mol. The minimum Gasteiger partial charge on any atom is -0.444 e. The highest BCUT2D eigenvalue weighted by molar-refractivity contribution is 6.34. The summed E-state index contributed by atoms with van der Waals surface area (Å²) in [6.07, 6.45) is 0.408. The van der Waals surface area contributed by atoms with E-state index in [-0.39, 0.29) is 18.1 Å². The second kappa shape index (κ2) is 6.65. The lowest BCUT2D eigenvalue weighted by Crippen LogP contribution is -2.49. The van der Waals surface area contributed by atoms with Gasteiger partial charge in [-0.2, -0.15) is 0 Å². The number of carbonyl (C=O) groups is 1.